The van der Waals surface area contributed by atoms with Gasteiger partial charge < -0.3 is 9.84 Å². The van der Waals surface area contributed by atoms with Crippen LogP contribution in [0.5, 0.6) is 5.75 Å². The van der Waals surface area contributed by atoms with Crippen molar-refractivity contribution in [3.05, 3.63) is 28.8 Å². The average molecular weight is 269 g/mol. The van der Waals surface area contributed by atoms with Crippen LogP contribution in [-0.4, -0.2) is 12.2 Å². The Bertz CT molecular complexity index is 452. The molecule has 2 nitrogen and oxygen atoms in total. The van der Waals surface area contributed by atoms with Crippen LogP contribution in [0.4, 0.5) is 0 Å². The van der Waals surface area contributed by atoms with Gasteiger partial charge in [-0.15, -0.1) is 0 Å². The Hall–Kier alpha value is -0.730. The summed E-state index contributed by atoms with van der Waals surface area (Å²) < 4.78 is 5.12. The van der Waals surface area contributed by atoms with Gasteiger partial charge >= 0.3 is 0 Å². The van der Waals surface area contributed by atoms with Crippen LogP contribution in [0.15, 0.2) is 18.2 Å². The number of ether oxygens (including phenoxy) is 1. The summed E-state index contributed by atoms with van der Waals surface area (Å²) in [4.78, 5) is 0. The molecule has 1 unspecified atom stereocenters. The van der Waals surface area contributed by atoms with E-state index in [1.165, 1.54) is 0 Å². The fourth-order valence-corrected chi connectivity index (χ4v) is 3.36. The number of hydrogen-bond acceptors (Lipinski definition) is 2. The number of aliphatic hydroxyl groups excluding tert-OH is 1. The summed E-state index contributed by atoms with van der Waals surface area (Å²) in [7, 11) is 1.59. The van der Waals surface area contributed by atoms with Gasteiger partial charge in [-0.25, -0.2) is 0 Å². The van der Waals surface area contributed by atoms with E-state index in [-0.39, 0.29) is 16.7 Å². The van der Waals surface area contributed by atoms with Gasteiger partial charge in [0.1, 0.15) is 5.75 Å². The molecule has 1 aliphatic rings. The third-order valence-corrected chi connectivity index (χ3v) is 5.26. The van der Waals surface area contributed by atoms with Gasteiger partial charge in [0, 0.05) is 5.92 Å². The topological polar surface area (TPSA) is 29.5 Å². The van der Waals surface area contributed by atoms with E-state index in [1.54, 1.807) is 13.2 Å². The highest BCUT2D eigenvalue weighted by atomic mass is 35.5. The van der Waals surface area contributed by atoms with Crippen molar-refractivity contribution in [1.82, 2.24) is 0 Å². The Balaban J connectivity index is 2.26. The van der Waals surface area contributed by atoms with Crippen molar-refractivity contribution in [3.63, 3.8) is 0 Å². The van der Waals surface area contributed by atoms with Gasteiger partial charge in [0.25, 0.3) is 0 Å². The Morgan fingerprint density at radius 3 is 2.17 bits per heavy atom. The Morgan fingerprint density at radius 2 is 1.78 bits per heavy atom. The van der Waals surface area contributed by atoms with Crippen molar-refractivity contribution in [1.29, 1.82) is 0 Å². The third-order valence-electron chi connectivity index (χ3n) is 4.97. The number of benzene rings is 1. The molecule has 0 radical (unpaired) electrons. The van der Waals surface area contributed by atoms with Crippen molar-refractivity contribution in [2.45, 2.75) is 33.8 Å². The normalized spacial score (nSPS) is 22.6. The van der Waals surface area contributed by atoms with Crippen LogP contribution in [0.1, 0.15) is 39.4 Å². The minimum atomic E-state index is -0.474. The van der Waals surface area contributed by atoms with Crippen LogP contribution in [0.25, 0.3) is 0 Å². The molecule has 1 N–H and O–H groups in total. The number of halogens is 1. The lowest BCUT2D eigenvalue weighted by atomic mass is 9.99. The summed E-state index contributed by atoms with van der Waals surface area (Å²) in [6.45, 7) is 8.80. The van der Waals surface area contributed by atoms with Gasteiger partial charge in [0.15, 0.2) is 0 Å². The first kappa shape index (κ1) is 13.7. The first-order valence-corrected chi connectivity index (χ1v) is 6.62. The lowest BCUT2D eigenvalue weighted by Crippen LogP contribution is -2.05. The fraction of sp³-hybridized carbons (Fsp3) is 0.600. The van der Waals surface area contributed by atoms with Crippen molar-refractivity contribution < 1.29 is 9.84 Å². The van der Waals surface area contributed by atoms with Crippen molar-refractivity contribution in [3.8, 4) is 5.75 Å². The van der Waals surface area contributed by atoms with Crippen LogP contribution >= 0.6 is 11.6 Å². The molecule has 0 aromatic heterocycles. The number of methoxy groups -OCH3 is 1. The molecule has 0 spiro atoms. The van der Waals surface area contributed by atoms with E-state index < -0.39 is 6.10 Å². The second-order valence-corrected chi connectivity index (χ2v) is 6.67. The van der Waals surface area contributed by atoms with Crippen LogP contribution in [0.2, 0.25) is 5.02 Å². The third kappa shape index (κ3) is 1.83. The zero-order valence-corrected chi connectivity index (χ0v) is 12.4. The maximum absolute atomic E-state index is 10.5. The molecule has 1 atom stereocenters. The van der Waals surface area contributed by atoms with Gasteiger partial charge in [-0.05, 0) is 28.5 Å². The molecule has 2 rings (SSSR count). The second-order valence-electron chi connectivity index (χ2n) is 6.26. The first-order chi connectivity index (χ1) is 8.23. The van der Waals surface area contributed by atoms with Gasteiger partial charge in [-0.2, -0.15) is 0 Å². The lowest BCUT2D eigenvalue weighted by molar-refractivity contribution is 0.130. The molecule has 1 aromatic carbocycles. The molecule has 0 aliphatic heterocycles. The number of rotatable bonds is 3. The predicted octanol–water partition coefficient (Wildman–Crippen LogP) is 4.06. The highest BCUT2D eigenvalue weighted by Crippen LogP contribution is 2.72. The minimum absolute atomic E-state index is 0.152. The van der Waals surface area contributed by atoms with Gasteiger partial charge in [-0.1, -0.05) is 45.4 Å². The van der Waals surface area contributed by atoms with Gasteiger partial charge in [0.05, 0.1) is 18.2 Å². The van der Waals surface area contributed by atoms with Gasteiger partial charge in [0.2, 0.25) is 0 Å². The van der Waals surface area contributed by atoms with E-state index >= 15 is 0 Å². The van der Waals surface area contributed by atoms with E-state index in [9.17, 15) is 5.11 Å². The zero-order valence-electron chi connectivity index (χ0n) is 11.6. The average Bonchev–Trinajstić information content (AvgIpc) is 2.68. The van der Waals surface area contributed by atoms with Crippen molar-refractivity contribution in [2.24, 2.45) is 16.7 Å². The van der Waals surface area contributed by atoms with Crippen LogP contribution in [-0.2, 0) is 0 Å². The van der Waals surface area contributed by atoms with E-state index in [0.29, 0.717) is 10.8 Å². The van der Waals surface area contributed by atoms with Gasteiger partial charge in [-0.3, -0.25) is 0 Å². The minimum Gasteiger partial charge on any atom is -0.495 e. The van der Waals surface area contributed by atoms with Crippen LogP contribution in [0.3, 0.4) is 0 Å². The highest BCUT2D eigenvalue weighted by molar-refractivity contribution is 6.32. The lowest BCUT2D eigenvalue weighted by Gasteiger charge is -2.14. The van der Waals surface area contributed by atoms with Crippen molar-refractivity contribution >= 4 is 11.6 Å². The van der Waals surface area contributed by atoms with E-state index in [0.717, 1.165) is 5.56 Å². The molecule has 3 heteroatoms. The number of aliphatic hydroxyl groups is 1. The molecule has 18 heavy (non-hydrogen) atoms. The SMILES string of the molecule is COc1ccc(C(O)C2C(C)(C)C2(C)C)cc1Cl. The van der Waals surface area contributed by atoms with Crippen LogP contribution < -0.4 is 4.74 Å². The molecule has 0 bridgehead atoms. The molecular weight excluding hydrogens is 248 g/mol. The van der Waals surface area contributed by atoms with E-state index in [2.05, 4.69) is 27.7 Å². The molecule has 0 amide bonds. The van der Waals surface area contributed by atoms with E-state index in [1.807, 2.05) is 12.1 Å². The first-order valence-electron chi connectivity index (χ1n) is 6.25. The maximum atomic E-state index is 10.5. The molecule has 1 saturated carbocycles. The largest absolute Gasteiger partial charge is 0.495 e. The van der Waals surface area contributed by atoms with E-state index in [4.69, 9.17) is 16.3 Å². The number of hydrogen-bond donors (Lipinski definition) is 1. The standard InChI is InChI=1S/C15H21ClO2/c1-14(2)13(15(14,3)4)12(17)9-6-7-11(18-5)10(16)8-9/h6-8,12-13,17H,1-5H3. The molecule has 1 aliphatic carbocycles. The molecule has 1 aromatic rings. The molecule has 1 fully saturated rings. The molecule has 100 valence electrons. The smallest absolute Gasteiger partial charge is 0.137 e. The summed E-state index contributed by atoms with van der Waals surface area (Å²) in [5.41, 5.74) is 1.17. The summed E-state index contributed by atoms with van der Waals surface area (Å²) in [5, 5.41) is 11.1. The summed E-state index contributed by atoms with van der Waals surface area (Å²) in [6.07, 6.45) is -0.474. The molecule has 0 heterocycles. The monoisotopic (exact) mass is 268 g/mol. The zero-order chi connectivity index (χ0) is 13.7. The van der Waals surface area contributed by atoms with Crippen molar-refractivity contribution in [2.75, 3.05) is 7.11 Å². The Kier molecular flexibility index (Phi) is 3.15. The second kappa shape index (κ2) is 4.14. The fourth-order valence-electron chi connectivity index (χ4n) is 3.10. The molecular formula is C15H21ClO2. The quantitative estimate of drug-likeness (QED) is 0.896. The summed E-state index contributed by atoms with van der Waals surface area (Å²) in [6, 6.07) is 5.50. The summed E-state index contributed by atoms with van der Waals surface area (Å²) in [5.74, 6) is 0.899. The highest BCUT2D eigenvalue weighted by Gasteiger charge is 2.67. The Labute approximate surface area is 114 Å². The summed E-state index contributed by atoms with van der Waals surface area (Å²) >= 11 is 6.10. The van der Waals surface area contributed by atoms with Crippen LogP contribution in [0, 0.1) is 16.7 Å². The predicted molar refractivity (Wildman–Crippen MR) is 74.0 cm³/mol. The Morgan fingerprint density at radius 1 is 1.22 bits per heavy atom. The molecule has 0 saturated heterocycles. The maximum Gasteiger partial charge on any atom is 0.137 e.